The van der Waals surface area contributed by atoms with Crippen LogP contribution in [0.15, 0.2) is 46.9 Å². The van der Waals surface area contributed by atoms with Crippen molar-refractivity contribution in [3.05, 3.63) is 57.5 Å². The Morgan fingerprint density at radius 3 is 2.70 bits per heavy atom. The van der Waals surface area contributed by atoms with Crippen LogP contribution in [0.2, 0.25) is 0 Å². The number of phenols is 1. The first-order valence-corrected chi connectivity index (χ1v) is 7.82. The van der Waals surface area contributed by atoms with E-state index in [4.69, 9.17) is 5.73 Å². The summed E-state index contributed by atoms with van der Waals surface area (Å²) in [6, 6.07) is 13.0. The molecule has 1 aromatic heterocycles. The minimum absolute atomic E-state index is 0.129. The molecule has 0 spiro atoms. The summed E-state index contributed by atoms with van der Waals surface area (Å²) in [4.78, 5) is 4.59. The number of nitrogens with two attached hydrogens (primary N) is 1. The van der Waals surface area contributed by atoms with Crippen LogP contribution >= 0.6 is 27.3 Å². The van der Waals surface area contributed by atoms with E-state index in [1.807, 2.05) is 24.3 Å². The second-order valence-corrected chi connectivity index (χ2v) is 6.62. The molecule has 1 atom stereocenters. The first kappa shape index (κ1) is 13.5. The maximum atomic E-state index is 9.28. The highest BCUT2D eigenvalue weighted by Crippen LogP contribution is 2.29. The molecule has 2 aromatic carbocycles. The molecule has 0 amide bonds. The third kappa shape index (κ3) is 2.85. The van der Waals surface area contributed by atoms with Crippen molar-refractivity contribution in [1.82, 2.24) is 4.98 Å². The topological polar surface area (TPSA) is 59.1 Å². The van der Waals surface area contributed by atoms with Gasteiger partial charge < -0.3 is 10.8 Å². The molecule has 1 unspecified atom stereocenters. The maximum Gasteiger partial charge on any atom is 0.115 e. The molecular weight excluding hydrogens is 336 g/mol. The van der Waals surface area contributed by atoms with Crippen molar-refractivity contribution in [2.24, 2.45) is 5.73 Å². The molecule has 0 bridgehead atoms. The summed E-state index contributed by atoms with van der Waals surface area (Å²) in [6.07, 6.45) is 0.710. The van der Waals surface area contributed by atoms with E-state index in [-0.39, 0.29) is 11.8 Å². The molecule has 0 saturated heterocycles. The molecule has 102 valence electrons. The number of thiazole rings is 1. The van der Waals surface area contributed by atoms with Crippen molar-refractivity contribution >= 4 is 37.5 Å². The molecule has 0 saturated carbocycles. The fraction of sp³-hybridized carbons (Fsp3) is 0.133. The van der Waals surface area contributed by atoms with Crippen molar-refractivity contribution in [1.29, 1.82) is 0 Å². The van der Waals surface area contributed by atoms with Gasteiger partial charge in [-0.2, -0.15) is 0 Å². The van der Waals surface area contributed by atoms with Gasteiger partial charge in [-0.15, -0.1) is 11.3 Å². The van der Waals surface area contributed by atoms with Crippen LogP contribution in [0.3, 0.4) is 0 Å². The van der Waals surface area contributed by atoms with Crippen molar-refractivity contribution in [2.45, 2.75) is 12.5 Å². The highest BCUT2D eigenvalue weighted by molar-refractivity contribution is 9.10. The summed E-state index contributed by atoms with van der Waals surface area (Å²) in [7, 11) is 0. The Labute approximate surface area is 129 Å². The van der Waals surface area contributed by atoms with Crippen LogP contribution in [0.25, 0.3) is 10.2 Å². The van der Waals surface area contributed by atoms with E-state index in [2.05, 4.69) is 27.0 Å². The summed E-state index contributed by atoms with van der Waals surface area (Å²) in [5, 5.41) is 10.2. The molecule has 5 heteroatoms. The van der Waals surface area contributed by atoms with Gasteiger partial charge in [0.2, 0.25) is 0 Å². The average Bonchev–Trinajstić information content (AvgIpc) is 2.84. The monoisotopic (exact) mass is 348 g/mol. The summed E-state index contributed by atoms with van der Waals surface area (Å²) in [5.41, 5.74) is 8.31. The first-order chi connectivity index (χ1) is 9.61. The van der Waals surface area contributed by atoms with E-state index >= 15 is 0 Å². The van der Waals surface area contributed by atoms with Crippen LogP contribution in [-0.4, -0.2) is 10.1 Å². The Morgan fingerprint density at radius 2 is 1.95 bits per heavy atom. The minimum atomic E-state index is -0.129. The molecule has 3 aromatic rings. The Morgan fingerprint density at radius 1 is 1.20 bits per heavy atom. The van der Waals surface area contributed by atoms with E-state index in [0.29, 0.717) is 6.42 Å². The third-order valence-electron chi connectivity index (χ3n) is 3.08. The molecule has 0 aliphatic heterocycles. The summed E-state index contributed by atoms with van der Waals surface area (Å²) < 4.78 is 2.18. The SMILES string of the molecule is NC(Cc1ccc(O)cc1)c1nc2ccc(Br)cc2s1. The Bertz CT molecular complexity index is 739. The molecule has 0 aliphatic carbocycles. The minimum Gasteiger partial charge on any atom is -0.508 e. The van der Waals surface area contributed by atoms with Gasteiger partial charge in [-0.25, -0.2) is 4.98 Å². The van der Waals surface area contributed by atoms with Gasteiger partial charge in [0.1, 0.15) is 10.8 Å². The van der Waals surface area contributed by atoms with Gasteiger partial charge in [-0.1, -0.05) is 28.1 Å². The zero-order chi connectivity index (χ0) is 14.1. The van der Waals surface area contributed by atoms with Crippen LogP contribution in [0.1, 0.15) is 16.6 Å². The number of halogens is 1. The molecule has 3 nitrogen and oxygen atoms in total. The van der Waals surface area contributed by atoms with E-state index < -0.39 is 0 Å². The fourth-order valence-electron chi connectivity index (χ4n) is 2.05. The molecule has 0 radical (unpaired) electrons. The van der Waals surface area contributed by atoms with Gasteiger partial charge in [-0.3, -0.25) is 0 Å². The summed E-state index contributed by atoms with van der Waals surface area (Å²) >= 11 is 5.09. The largest absolute Gasteiger partial charge is 0.508 e. The van der Waals surface area contributed by atoms with Crippen molar-refractivity contribution < 1.29 is 5.11 Å². The number of hydrogen-bond donors (Lipinski definition) is 2. The number of aromatic nitrogens is 1. The highest BCUT2D eigenvalue weighted by Gasteiger charge is 2.13. The predicted octanol–water partition coefficient (Wildman–Crippen LogP) is 4.01. The Kier molecular flexibility index (Phi) is 3.74. The van der Waals surface area contributed by atoms with Crippen molar-refractivity contribution in [3.63, 3.8) is 0 Å². The quantitative estimate of drug-likeness (QED) is 0.751. The second-order valence-electron chi connectivity index (χ2n) is 4.64. The average molecular weight is 349 g/mol. The Hall–Kier alpha value is -1.43. The lowest BCUT2D eigenvalue weighted by atomic mass is 10.1. The van der Waals surface area contributed by atoms with Crippen LogP contribution in [-0.2, 0) is 6.42 Å². The van der Waals surface area contributed by atoms with Crippen LogP contribution in [0.4, 0.5) is 0 Å². The fourth-order valence-corrected chi connectivity index (χ4v) is 3.57. The van der Waals surface area contributed by atoms with Crippen LogP contribution in [0.5, 0.6) is 5.75 Å². The van der Waals surface area contributed by atoms with Gasteiger partial charge >= 0.3 is 0 Å². The van der Waals surface area contributed by atoms with E-state index in [0.717, 1.165) is 25.3 Å². The van der Waals surface area contributed by atoms with Crippen molar-refractivity contribution in [2.75, 3.05) is 0 Å². The molecule has 3 rings (SSSR count). The predicted molar refractivity (Wildman–Crippen MR) is 86.1 cm³/mol. The van der Waals surface area contributed by atoms with Gasteiger partial charge in [0.15, 0.2) is 0 Å². The summed E-state index contributed by atoms with van der Waals surface area (Å²) in [6.45, 7) is 0. The molecule has 0 aliphatic rings. The van der Waals surface area contributed by atoms with Gasteiger partial charge in [0.25, 0.3) is 0 Å². The number of phenolic OH excluding ortho intramolecular Hbond substituents is 1. The van der Waals surface area contributed by atoms with Gasteiger partial charge in [-0.05, 0) is 42.3 Å². The molecule has 20 heavy (non-hydrogen) atoms. The van der Waals surface area contributed by atoms with Gasteiger partial charge in [0.05, 0.1) is 16.3 Å². The molecular formula is C15H13BrN2OS. The van der Waals surface area contributed by atoms with Crippen LogP contribution < -0.4 is 5.73 Å². The Balaban J connectivity index is 1.84. The lowest BCUT2D eigenvalue weighted by molar-refractivity contribution is 0.475. The standard InChI is InChI=1S/C15H13BrN2OS/c16-10-3-6-13-14(8-10)20-15(18-13)12(17)7-9-1-4-11(19)5-2-9/h1-6,8,12,19H,7,17H2. The lowest BCUT2D eigenvalue weighted by Gasteiger charge is -2.08. The van der Waals surface area contributed by atoms with Gasteiger partial charge in [0, 0.05) is 4.47 Å². The normalized spacial score (nSPS) is 12.7. The number of hydrogen-bond acceptors (Lipinski definition) is 4. The summed E-state index contributed by atoms with van der Waals surface area (Å²) in [5.74, 6) is 0.271. The number of benzene rings is 2. The smallest absolute Gasteiger partial charge is 0.115 e. The highest BCUT2D eigenvalue weighted by atomic mass is 79.9. The number of aromatic hydroxyl groups is 1. The molecule has 0 fully saturated rings. The number of fused-ring (bicyclic) bond motifs is 1. The lowest BCUT2D eigenvalue weighted by Crippen LogP contribution is -2.12. The van der Waals surface area contributed by atoms with E-state index in [1.165, 1.54) is 0 Å². The van der Waals surface area contributed by atoms with Crippen molar-refractivity contribution in [3.8, 4) is 5.75 Å². The zero-order valence-electron chi connectivity index (χ0n) is 10.6. The van der Waals surface area contributed by atoms with E-state index in [1.54, 1.807) is 23.5 Å². The zero-order valence-corrected chi connectivity index (χ0v) is 13.0. The maximum absolute atomic E-state index is 9.28. The number of nitrogens with zero attached hydrogens (tertiary/aromatic N) is 1. The molecule has 1 heterocycles. The molecule has 3 N–H and O–H groups in total. The first-order valence-electron chi connectivity index (χ1n) is 6.21. The third-order valence-corrected chi connectivity index (χ3v) is 4.72. The number of rotatable bonds is 3. The van der Waals surface area contributed by atoms with E-state index in [9.17, 15) is 5.11 Å². The second kappa shape index (κ2) is 5.52. The van der Waals surface area contributed by atoms with Crippen LogP contribution in [0, 0.1) is 0 Å².